The number of hydrogen-bond acceptors (Lipinski definition) is 3. The minimum atomic E-state index is -0.667. The summed E-state index contributed by atoms with van der Waals surface area (Å²) in [5.41, 5.74) is -0.625. The van der Waals surface area contributed by atoms with Crippen LogP contribution in [0, 0.1) is 16.7 Å². The van der Waals surface area contributed by atoms with Gasteiger partial charge in [-0.25, -0.2) is 9.78 Å². The van der Waals surface area contributed by atoms with Crippen molar-refractivity contribution in [2.45, 2.75) is 38.7 Å². The van der Waals surface area contributed by atoms with E-state index in [4.69, 9.17) is 9.78 Å². The number of rotatable bonds is 1. The van der Waals surface area contributed by atoms with Crippen LogP contribution in [0.4, 0.5) is 0 Å². The van der Waals surface area contributed by atoms with Crippen LogP contribution in [0.2, 0.25) is 0 Å². The maximum atomic E-state index is 9.70. The SMILES string of the molecule is CC1(C)OOCC(C)(c2ccccc2)C1(C)C#N. The minimum Gasteiger partial charge on any atom is -0.235 e. The van der Waals surface area contributed by atoms with E-state index in [1.165, 1.54) is 0 Å². The molecule has 0 aromatic heterocycles. The molecule has 1 aliphatic heterocycles. The Morgan fingerprint density at radius 3 is 2.28 bits per heavy atom. The molecule has 0 amide bonds. The lowest BCUT2D eigenvalue weighted by atomic mass is 9.56. The first kappa shape index (κ1) is 13.1. The number of nitrogens with zero attached hydrogens (tertiary/aromatic N) is 1. The molecule has 1 saturated heterocycles. The quantitative estimate of drug-likeness (QED) is 0.713. The highest BCUT2D eigenvalue weighted by Crippen LogP contribution is 2.52. The van der Waals surface area contributed by atoms with Crippen LogP contribution in [0.15, 0.2) is 30.3 Å². The molecule has 0 saturated carbocycles. The molecule has 1 fully saturated rings. The summed E-state index contributed by atoms with van der Waals surface area (Å²) in [6, 6.07) is 12.5. The summed E-state index contributed by atoms with van der Waals surface area (Å²) in [5, 5.41) is 9.70. The van der Waals surface area contributed by atoms with Gasteiger partial charge in [0.1, 0.15) is 5.60 Å². The molecule has 1 aromatic rings. The Labute approximate surface area is 108 Å². The first-order chi connectivity index (χ1) is 8.37. The van der Waals surface area contributed by atoms with Gasteiger partial charge in [0.25, 0.3) is 0 Å². The maximum absolute atomic E-state index is 9.70. The van der Waals surface area contributed by atoms with Gasteiger partial charge >= 0.3 is 0 Å². The molecule has 0 bridgehead atoms. The topological polar surface area (TPSA) is 42.2 Å². The first-order valence-corrected chi connectivity index (χ1v) is 6.15. The normalized spacial score (nSPS) is 34.8. The van der Waals surface area contributed by atoms with E-state index in [0.717, 1.165) is 5.56 Å². The van der Waals surface area contributed by atoms with Crippen LogP contribution in [0.25, 0.3) is 0 Å². The summed E-state index contributed by atoms with van der Waals surface area (Å²) in [6.07, 6.45) is 0. The lowest BCUT2D eigenvalue weighted by molar-refractivity contribution is -0.416. The van der Waals surface area contributed by atoms with E-state index in [9.17, 15) is 5.26 Å². The molecule has 96 valence electrons. The third kappa shape index (κ3) is 1.57. The summed E-state index contributed by atoms with van der Waals surface area (Å²) in [7, 11) is 0. The van der Waals surface area contributed by atoms with Crippen molar-refractivity contribution in [1.82, 2.24) is 0 Å². The van der Waals surface area contributed by atoms with Crippen molar-refractivity contribution in [3.63, 3.8) is 0 Å². The minimum absolute atomic E-state index is 0.379. The zero-order valence-corrected chi connectivity index (χ0v) is 11.4. The molecule has 0 aliphatic carbocycles. The summed E-state index contributed by atoms with van der Waals surface area (Å²) in [4.78, 5) is 10.7. The molecule has 1 aliphatic rings. The Hall–Kier alpha value is -1.37. The molecular weight excluding hydrogens is 226 g/mol. The molecule has 3 heteroatoms. The molecule has 0 N–H and O–H groups in total. The second-order valence-corrected chi connectivity index (χ2v) is 5.79. The van der Waals surface area contributed by atoms with Crippen LogP contribution in [0.1, 0.15) is 33.3 Å². The Morgan fingerprint density at radius 1 is 1.11 bits per heavy atom. The number of nitriles is 1. The lowest BCUT2D eigenvalue weighted by Crippen LogP contribution is -2.60. The monoisotopic (exact) mass is 245 g/mol. The summed E-state index contributed by atoms with van der Waals surface area (Å²) in [6.45, 7) is 8.19. The van der Waals surface area contributed by atoms with Crippen LogP contribution in [-0.2, 0) is 15.2 Å². The molecule has 2 rings (SSSR count). The van der Waals surface area contributed by atoms with Crippen molar-refractivity contribution < 1.29 is 9.78 Å². The van der Waals surface area contributed by atoms with Crippen LogP contribution >= 0.6 is 0 Å². The van der Waals surface area contributed by atoms with E-state index in [1.807, 2.05) is 51.1 Å². The highest BCUT2D eigenvalue weighted by atomic mass is 17.2. The number of benzene rings is 1. The Balaban J connectivity index is 2.58. The predicted molar refractivity (Wildman–Crippen MR) is 68.6 cm³/mol. The van der Waals surface area contributed by atoms with Crippen LogP contribution in [0.3, 0.4) is 0 Å². The van der Waals surface area contributed by atoms with E-state index < -0.39 is 16.4 Å². The van der Waals surface area contributed by atoms with Gasteiger partial charge in [-0.1, -0.05) is 37.3 Å². The van der Waals surface area contributed by atoms with Crippen molar-refractivity contribution in [3.8, 4) is 6.07 Å². The molecule has 0 radical (unpaired) electrons. The highest BCUT2D eigenvalue weighted by Gasteiger charge is 2.60. The molecule has 0 spiro atoms. The second-order valence-electron chi connectivity index (χ2n) is 5.79. The fourth-order valence-electron chi connectivity index (χ4n) is 2.62. The van der Waals surface area contributed by atoms with Gasteiger partial charge < -0.3 is 0 Å². The zero-order valence-electron chi connectivity index (χ0n) is 11.4. The van der Waals surface area contributed by atoms with E-state index >= 15 is 0 Å². The fraction of sp³-hybridized carbons (Fsp3) is 0.533. The molecule has 1 aromatic carbocycles. The first-order valence-electron chi connectivity index (χ1n) is 6.15. The summed E-state index contributed by atoms with van der Waals surface area (Å²) >= 11 is 0. The smallest absolute Gasteiger partial charge is 0.117 e. The van der Waals surface area contributed by atoms with Gasteiger partial charge in [-0.2, -0.15) is 5.26 Å². The largest absolute Gasteiger partial charge is 0.235 e. The third-order valence-corrected chi connectivity index (χ3v) is 4.56. The van der Waals surface area contributed by atoms with E-state index in [1.54, 1.807) is 0 Å². The molecule has 1 heterocycles. The Bertz CT molecular complexity index is 477. The van der Waals surface area contributed by atoms with Gasteiger partial charge in [-0.05, 0) is 26.3 Å². The average molecular weight is 245 g/mol. The van der Waals surface area contributed by atoms with Crippen LogP contribution < -0.4 is 0 Å². The molecular formula is C15H19NO2. The van der Waals surface area contributed by atoms with Gasteiger partial charge in [0, 0.05) is 5.41 Å². The van der Waals surface area contributed by atoms with Gasteiger partial charge in [-0.15, -0.1) is 0 Å². The summed E-state index contributed by atoms with van der Waals surface area (Å²) < 4.78 is 0. The van der Waals surface area contributed by atoms with Gasteiger partial charge in [0.05, 0.1) is 18.1 Å². The summed E-state index contributed by atoms with van der Waals surface area (Å²) in [5.74, 6) is 0. The van der Waals surface area contributed by atoms with Gasteiger partial charge in [0.2, 0.25) is 0 Å². The maximum Gasteiger partial charge on any atom is 0.117 e. The molecule has 2 unspecified atom stereocenters. The van der Waals surface area contributed by atoms with Crippen LogP contribution in [-0.4, -0.2) is 12.2 Å². The molecule has 3 nitrogen and oxygen atoms in total. The van der Waals surface area contributed by atoms with Crippen molar-refractivity contribution in [3.05, 3.63) is 35.9 Å². The van der Waals surface area contributed by atoms with Crippen molar-refractivity contribution in [2.75, 3.05) is 6.61 Å². The van der Waals surface area contributed by atoms with E-state index in [0.29, 0.717) is 6.61 Å². The van der Waals surface area contributed by atoms with E-state index in [-0.39, 0.29) is 0 Å². The second kappa shape index (κ2) is 4.08. The third-order valence-electron chi connectivity index (χ3n) is 4.56. The fourth-order valence-corrected chi connectivity index (χ4v) is 2.62. The Morgan fingerprint density at radius 2 is 1.72 bits per heavy atom. The van der Waals surface area contributed by atoms with Crippen molar-refractivity contribution >= 4 is 0 Å². The van der Waals surface area contributed by atoms with Gasteiger partial charge in [0.15, 0.2) is 0 Å². The standard InChI is InChI=1S/C15H19NO2/c1-13(2)15(4,10-16)14(3,11-17-18-13)12-8-6-5-7-9-12/h5-9H,11H2,1-4H3. The van der Waals surface area contributed by atoms with Gasteiger partial charge in [-0.3, -0.25) is 0 Å². The van der Waals surface area contributed by atoms with E-state index in [2.05, 4.69) is 13.0 Å². The number of hydrogen-bond donors (Lipinski definition) is 0. The predicted octanol–water partition coefficient (Wildman–Crippen LogP) is 3.21. The van der Waals surface area contributed by atoms with Crippen molar-refractivity contribution in [2.24, 2.45) is 5.41 Å². The Kier molecular flexibility index (Phi) is 2.96. The zero-order chi connectivity index (χ0) is 13.4. The highest BCUT2D eigenvalue weighted by molar-refractivity contribution is 5.34. The molecule has 18 heavy (non-hydrogen) atoms. The lowest BCUT2D eigenvalue weighted by Gasteiger charge is -2.53. The van der Waals surface area contributed by atoms with Crippen molar-refractivity contribution in [1.29, 1.82) is 5.26 Å². The molecule has 2 atom stereocenters. The van der Waals surface area contributed by atoms with Crippen LogP contribution in [0.5, 0.6) is 0 Å². The average Bonchev–Trinajstić information content (AvgIpc) is 2.36.